The molecule has 0 spiro atoms. The van der Waals surface area contributed by atoms with Crippen LogP contribution in [0, 0.1) is 19.8 Å². The van der Waals surface area contributed by atoms with E-state index in [1.165, 1.54) is 18.4 Å². The lowest BCUT2D eigenvalue weighted by Crippen LogP contribution is -2.32. The zero-order chi connectivity index (χ0) is 12.1. The van der Waals surface area contributed by atoms with Crippen LogP contribution in [0.15, 0.2) is 12.1 Å². The van der Waals surface area contributed by atoms with Crippen molar-refractivity contribution in [1.29, 1.82) is 0 Å². The second-order valence-electron chi connectivity index (χ2n) is 4.59. The van der Waals surface area contributed by atoms with Crippen LogP contribution in [-0.4, -0.2) is 4.98 Å². The van der Waals surface area contributed by atoms with Gasteiger partial charge in [-0.15, -0.1) is 0 Å². The Morgan fingerprint density at radius 3 is 2.31 bits per heavy atom. The molecule has 0 aliphatic rings. The summed E-state index contributed by atoms with van der Waals surface area (Å²) in [7, 11) is 0. The van der Waals surface area contributed by atoms with E-state index in [9.17, 15) is 0 Å². The number of aryl methyl sites for hydroxylation is 2. The van der Waals surface area contributed by atoms with Crippen LogP contribution >= 0.6 is 0 Å². The van der Waals surface area contributed by atoms with Crippen molar-refractivity contribution in [3.8, 4) is 0 Å². The van der Waals surface area contributed by atoms with Gasteiger partial charge >= 0.3 is 0 Å². The summed E-state index contributed by atoms with van der Waals surface area (Å²) in [6.07, 6.45) is 2.36. The summed E-state index contributed by atoms with van der Waals surface area (Å²) >= 11 is 0. The summed E-state index contributed by atoms with van der Waals surface area (Å²) in [6.45, 7) is 8.48. The zero-order valence-corrected chi connectivity index (χ0v) is 10.7. The van der Waals surface area contributed by atoms with Gasteiger partial charge in [-0.3, -0.25) is 16.3 Å². The molecule has 16 heavy (non-hydrogen) atoms. The molecule has 1 aromatic heterocycles. The number of nitrogens with one attached hydrogen (secondary N) is 1. The van der Waals surface area contributed by atoms with E-state index in [1.807, 2.05) is 13.8 Å². The minimum Gasteiger partial charge on any atom is -0.271 e. The molecule has 0 fully saturated rings. The lowest BCUT2D eigenvalue weighted by atomic mass is 9.91. The van der Waals surface area contributed by atoms with Crippen LogP contribution in [0.2, 0.25) is 0 Å². The molecule has 3 heteroatoms. The molecule has 1 rings (SSSR count). The highest BCUT2D eigenvalue weighted by Gasteiger charge is 2.17. The molecule has 0 amide bonds. The van der Waals surface area contributed by atoms with E-state index in [-0.39, 0.29) is 6.04 Å². The van der Waals surface area contributed by atoms with E-state index in [4.69, 9.17) is 5.84 Å². The Morgan fingerprint density at radius 2 is 1.88 bits per heavy atom. The molecule has 0 aliphatic heterocycles. The van der Waals surface area contributed by atoms with E-state index in [1.54, 1.807) is 0 Å². The van der Waals surface area contributed by atoms with Gasteiger partial charge in [-0.1, -0.05) is 20.3 Å². The van der Waals surface area contributed by atoms with Crippen molar-refractivity contribution < 1.29 is 0 Å². The predicted octanol–water partition coefficient (Wildman–Crippen LogP) is 2.64. The Hall–Kier alpha value is -0.930. The summed E-state index contributed by atoms with van der Waals surface area (Å²) < 4.78 is 0. The second-order valence-corrected chi connectivity index (χ2v) is 4.59. The molecule has 0 saturated carbocycles. The Balaban J connectivity index is 2.94. The first-order valence-corrected chi connectivity index (χ1v) is 5.99. The molecular formula is C13H23N3. The first kappa shape index (κ1) is 13.1. The molecule has 2 atom stereocenters. The van der Waals surface area contributed by atoms with Crippen molar-refractivity contribution in [2.75, 3.05) is 0 Å². The maximum Gasteiger partial charge on any atom is 0.0486 e. The number of hydrogen-bond donors (Lipinski definition) is 2. The molecule has 0 aromatic carbocycles. The van der Waals surface area contributed by atoms with E-state index < -0.39 is 0 Å². The summed E-state index contributed by atoms with van der Waals surface area (Å²) in [5.74, 6) is 6.20. The fraction of sp³-hybridized carbons (Fsp3) is 0.615. The quantitative estimate of drug-likeness (QED) is 0.593. The lowest BCUT2D eigenvalue weighted by Gasteiger charge is -2.23. The van der Waals surface area contributed by atoms with Crippen molar-refractivity contribution in [1.82, 2.24) is 10.4 Å². The first-order valence-electron chi connectivity index (χ1n) is 5.99. The number of hydrazine groups is 1. The molecule has 0 aliphatic carbocycles. The van der Waals surface area contributed by atoms with Gasteiger partial charge in [0.15, 0.2) is 0 Å². The van der Waals surface area contributed by atoms with E-state index in [0.717, 1.165) is 11.4 Å². The van der Waals surface area contributed by atoms with Gasteiger partial charge in [0.2, 0.25) is 0 Å². The van der Waals surface area contributed by atoms with Gasteiger partial charge in [0.25, 0.3) is 0 Å². The summed E-state index contributed by atoms with van der Waals surface area (Å²) in [5.41, 5.74) is 6.28. The van der Waals surface area contributed by atoms with E-state index in [2.05, 4.69) is 36.4 Å². The monoisotopic (exact) mass is 221 g/mol. The number of rotatable bonds is 5. The highest BCUT2D eigenvalue weighted by Crippen LogP contribution is 2.25. The fourth-order valence-corrected chi connectivity index (χ4v) is 2.26. The number of aromatic nitrogens is 1. The number of hydrogen-bond acceptors (Lipinski definition) is 3. The van der Waals surface area contributed by atoms with Gasteiger partial charge in [-0.05, 0) is 43.9 Å². The molecular weight excluding hydrogens is 198 g/mol. The van der Waals surface area contributed by atoms with Crippen molar-refractivity contribution in [2.24, 2.45) is 11.8 Å². The predicted molar refractivity (Wildman–Crippen MR) is 67.8 cm³/mol. The van der Waals surface area contributed by atoms with Crippen molar-refractivity contribution >= 4 is 0 Å². The summed E-state index contributed by atoms with van der Waals surface area (Å²) in [5, 5.41) is 0. The minimum absolute atomic E-state index is 0.223. The van der Waals surface area contributed by atoms with Gasteiger partial charge in [0.1, 0.15) is 0 Å². The Kier molecular flexibility index (Phi) is 4.90. The van der Waals surface area contributed by atoms with Crippen LogP contribution in [0.5, 0.6) is 0 Å². The van der Waals surface area contributed by atoms with Gasteiger partial charge in [0, 0.05) is 17.4 Å². The van der Waals surface area contributed by atoms with Crippen LogP contribution in [0.25, 0.3) is 0 Å². The number of nitrogens with two attached hydrogens (primary N) is 1. The van der Waals surface area contributed by atoms with Gasteiger partial charge in [-0.2, -0.15) is 0 Å². The smallest absolute Gasteiger partial charge is 0.0486 e. The summed E-state index contributed by atoms with van der Waals surface area (Å²) in [4.78, 5) is 4.39. The molecule has 90 valence electrons. The standard InChI is InChI=1S/C13H23N3/c1-5-6-9(2)13(16-14)12-7-10(3)15-11(4)8-12/h7-9,13,16H,5-6,14H2,1-4H3. The van der Waals surface area contributed by atoms with Gasteiger partial charge in [0.05, 0.1) is 0 Å². The van der Waals surface area contributed by atoms with Crippen molar-refractivity contribution in [3.05, 3.63) is 29.1 Å². The minimum atomic E-state index is 0.223. The van der Waals surface area contributed by atoms with E-state index in [0.29, 0.717) is 5.92 Å². The Bertz CT molecular complexity index is 316. The number of nitrogens with zero attached hydrogens (tertiary/aromatic N) is 1. The zero-order valence-electron chi connectivity index (χ0n) is 10.7. The fourth-order valence-electron chi connectivity index (χ4n) is 2.26. The Labute approximate surface area is 98.4 Å². The lowest BCUT2D eigenvalue weighted by molar-refractivity contribution is 0.368. The van der Waals surface area contributed by atoms with Crippen LogP contribution in [-0.2, 0) is 0 Å². The highest BCUT2D eigenvalue weighted by atomic mass is 15.2. The van der Waals surface area contributed by atoms with Crippen LogP contribution < -0.4 is 11.3 Å². The van der Waals surface area contributed by atoms with Crippen LogP contribution in [0.1, 0.15) is 49.7 Å². The maximum absolute atomic E-state index is 5.67. The normalized spacial score (nSPS) is 14.8. The SMILES string of the molecule is CCCC(C)C(NN)c1cc(C)nc(C)c1. The largest absolute Gasteiger partial charge is 0.271 e. The first-order chi connectivity index (χ1) is 7.58. The van der Waals surface area contributed by atoms with Gasteiger partial charge < -0.3 is 0 Å². The van der Waals surface area contributed by atoms with Crippen LogP contribution in [0.3, 0.4) is 0 Å². The number of pyridine rings is 1. The average Bonchev–Trinajstić information content (AvgIpc) is 2.17. The molecule has 2 unspecified atom stereocenters. The highest BCUT2D eigenvalue weighted by molar-refractivity contribution is 5.24. The third-order valence-corrected chi connectivity index (χ3v) is 2.96. The molecule has 0 bridgehead atoms. The molecule has 1 heterocycles. The molecule has 3 nitrogen and oxygen atoms in total. The average molecular weight is 221 g/mol. The molecule has 1 aromatic rings. The topological polar surface area (TPSA) is 50.9 Å². The molecule has 0 radical (unpaired) electrons. The Morgan fingerprint density at radius 1 is 1.31 bits per heavy atom. The van der Waals surface area contributed by atoms with E-state index >= 15 is 0 Å². The van der Waals surface area contributed by atoms with Gasteiger partial charge in [-0.25, -0.2) is 0 Å². The van der Waals surface area contributed by atoms with Crippen molar-refractivity contribution in [3.63, 3.8) is 0 Å². The summed E-state index contributed by atoms with van der Waals surface area (Å²) in [6, 6.07) is 4.45. The van der Waals surface area contributed by atoms with Crippen LogP contribution in [0.4, 0.5) is 0 Å². The third-order valence-electron chi connectivity index (χ3n) is 2.96. The third kappa shape index (κ3) is 3.29. The van der Waals surface area contributed by atoms with Crippen molar-refractivity contribution in [2.45, 2.75) is 46.6 Å². The second kappa shape index (κ2) is 5.97. The molecule has 0 saturated heterocycles. The molecule has 3 N–H and O–H groups in total. The maximum atomic E-state index is 5.67.